The maximum absolute atomic E-state index is 13.5. The number of carbonyl (C=O) groups excluding carboxylic acids is 2. The third-order valence-corrected chi connectivity index (χ3v) is 3.95. The standard InChI is InChI=1S/C17H22FNO3/c1-12(16(20)19-13-8-4-2-3-5-9-13)22-17(21)14-10-6-7-11-15(14)18/h6-7,10-13H,2-5,8-9H2,1H3,(H,19,20)/t12-/m0/s1. The highest BCUT2D eigenvalue weighted by Gasteiger charge is 2.23. The zero-order valence-electron chi connectivity index (χ0n) is 12.8. The highest BCUT2D eigenvalue weighted by Crippen LogP contribution is 2.17. The molecule has 1 aliphatic rings. The van der Waals surface area contributed by atoms with E-state index in [9.17, 15) is 14.0 Å². The summed E-state index contributed by atoms with van der Waals surface area (Å²) in [6.45, 7) is 1.50. The molecule has 0 bridgehead atoms. The molecule has 0 radical (unpaired) electrons. The molecule has 120 valence electrons. The Labute approximate surface area is 130 Å². The smallest absolute Gasteiger partial charge is 0.341 e. The second kappa shape index (κ2) is 7.92. The van der Waals surface area contributed by atoms with Gasteiger partial charge in [-0.3, -0.25) is 4.79 Å². The number of hydrogen-bond donors (Lipinski definition) is 1. The molecule has 1 saturated carbocycles. The lowest BCUT2D eigenvalue weighted by molar-refractivity contribution is -0.129. The normalized spacial score (nSPS) is 17.4. The monoisotopic (exact) mass is 307 g/mol. The largest absolute Gasteiger partial charge is 0.449 e. The van der Waals surface area contributed by atoms with Crippen molar-refractivity contribution in [2.75, 3.05) is 0 Å². The molecule has 1 aromatic carbocycles. The Morgan fingerprint density at radius 3 is 2.45 bits per heavy atom. The van der Waals surface area contributed by atoms with E-state index in [1.54, 1.807) is 6.07 Å². The Morgan fingerprint density at radius 2 is 1.82 bits per heavy atom. The fraction of sp³-hybridized carbons (Fsp3) is 0.529. The summed E-state index contributed by atoms with van der Waals surface area (Å²) in [4.78, 5) is 24.0. The Bertz CT molecular complexity index is 524. The summed E-state index contributed by atoms with van der Waals surface area (Å²) in [5.74, 6) is -1.79. The first-order valence-corrected chi connectivity index (χ1v) is 7.84. The van der Waals surface area contributed by atoms with E-state index >= 15 is 0 Å². The van der Waals surface area contributed by atoms with Gasteiger partial charge in [0.25, 0.3) is 5.91 Å². The summed E-state index contributed by atoms with van der Waals surface area (Å²) < 4.78 is 18.6. The van der Waals surface area contributed by atoms with Crippen molar-refractivity contribution < 1.29 is 18.7 Å². The van der Waals surface area contributed by atoms with Gasteiger partial charge in [-0.25, -0.2) is 9.18 Å². The van der Waals surface area contributed by atoms with Gasteiger partial charge >= 0.3 is 5.97 Å². The molecule has 0 aromatic heterocycles. The number of rotatable bonds is 4. The molecule has 1 N–H and O–H groups in total. The third-order valence-electron chi connectivity index (χ3n) is 3.95. The first-order chi connectivity index (χ1) is 10.6. The maximum atomic E-state index is 13.5. The van der Waals surface area contributed by atoms with Crippen LogP contribution in [0.4, 0.5) is 4.39 Å². The van der Waals surface area contributed by atoms with Gasteiger partial charge in [0.15, 0.2) is 6.10 Å². The van der Waals surface area contributed by atoms with Crippen LogP contribution in [-0.4, -0.2) is 24.0 Å². The lowest BCUT2D eigenvalue weighted by Gasteiger charge is -2.19. The van der Waals surface area contributed by atoms with Gasteiger partial charge in [-0.2, -0.15) is 0 Å². The van der Waals surface area contributed by atoms with Crippen LogP contribution in [0.25, 0.3) is 0 Å². The van der Waals surface area contributed by atoms with Crippen LogP contribution in [-0.2, 0) is 9.53 Å². The molecule has 22 heavy (non-hydrogen) atoms. The highest BCUT2D eigenvalue weighted by molar-refractivity contribution is 5.92. The number of esters is 1. The van der Waals surface area contributed by atoms with Crippen molar-refractivity contribution in [3.8, 4) is 0 Å². The van der Waals surface area contributed by atoms with Gasteiger partial charge in [-0.15, -0.1) is 0 Å². The summed E-state index contributed by atoms with van der Waals surface area (Å²) in [5.41, 5.74) is -0.156. The first-order valence-electron chi connectivity index (χ1n) is 7.84. The fourth-order valence-electron chi connectivity index (χ4n) is 2.65. The van der Waals surface area contributed by atoms with Crippen LogP contribution in [0.2, 0.25) is 0 Å². The van der Waals surface area contributed by atoms with Crippen molar-refractivity contribution in [1.82, 2.24) is 5.32 Å². The lowest BCUT2D eigenvalue weighted by Crippen LogP contribution is -2.41. The number of carbonyl (C=O) groups is 2. The number of nitrogens with one attached hydrogen (secondary N) is 1. The maximum Gasteiger partial charge on any atom is 0.341 e. The Balaban J connectivity index is 1.88. The quantitative estimate of drug-likeness (QED) is 0.686. The van der Waals surface area contributed by atoms with E-state index in [0.717, 1.165) is 25.7 Å². The zero-order chi connectivity index (χ0) is 15.9. The number of benzene rings is 1. The molecule has 4 nitrogen and oxygen atoms in total. The van der Waals surface area contributed by atoms with Crippen LogP contribution in [0.5, 0.6) is 0 Å². The molecule has 1 amide bonds. The van der Waals surface area contributed by atoms with E-state index in [-0.39, 0.29) is 17.5 Å². The van der Waals surface area contributed by atoms with Crippen molar-refractivity contribution in [2.45, 2.75) is 57.6 Å². The number of amides is 1. The Kier molecular flexibility index (Phi) is 5.92. The molecule has 2 rings (SSSR count). The topological polar surface area (TPSA) is 55.4 Å². The number of ether oxygens (including phenoxy) is 1. The molecule has 0 spiro atoms. The first kappa shape index (κ1) is 16.5. The van der Waals surface area contributed by atoms with E-state index in [0.29, 0.717) is 0 Å². The van der Waals surface area contributed by atoms with Crippen LogP contribution < -0.4 is 5.32 Å². The van der Waals surface area contributed by atoms with Crippen LogP contribution >= 0.6 is 0 Å². The minimum atomic E-state index is -0.935. The number of hydrogen-bond acceptors (Lipinski definition) is 3. The van der Waals surface area contributed by atoms with Gasteiger partial charge in [-0.1, -0.05) is 37.8 Å². The molecule has 1 fully saturated rings. The summed E-state index contributed by atoms with van der Waals surface area (Å²) in [6.07, 6.45) is 5.59. The molecule has 0 heterocycles. The SMILES string of the molecule is C[C@H](OC(=O)c1ccccc1F)C(=O)NC1CCCCCC1. The van der Waals surface area contributed by atoms with E-state index in [1.165, 1.54) is 38.0 Å². The highest BCUT2D eigenvalue weighted by atomic mass is 19.1. The Morgan fingerprint density at radius 1 is 1.18 bits per heavy atom. The fourth-order valence-corrected chi connectivity index (χ4v) is 2.65. The van der Waals surface area contributed by atoms with Gasteiger partial charge in [0, 0.05) is 6.04 Å². The van der Waals surface area contributed by atoms with Gasteiger partial charge in [0.2, 0.25) is 0 Å². The summed E-state index contributed by atoms with van der Waals surface area (Å²) in [5, 5.41) is 2.92. The average Bonchev–Trinajstić information content (AvgIpc) is 2.76. The molecule has 0 aliphatic heterocycles. The molecular formula is C17H22FNO3. The van der Waals surface area contributed by atoms with Crippen molar-refractivity contribution in [3.05, 3.63) is 35.6 Å². The van der Waals surface area contributed by atoms with E-state index in [4.69, 9.17) is 4.74 Å². The van der Waals surface area contributed by atoms with Crippen LogP contribution in [0.1, 0.15) is 55.8 Å². The summed E-state index contributed by atoms with van der Waals surface area (Å²) in [7, 11) is 0. The van der Waals surface area contributed by atoms with E-state index < -0.39 is 17.9 Å². The van der Waals surface area contributed by atoms with Gasteiger partial charge in [0.05, 0.1) is 5.56 Å². The van der Waals surface area contributed by atoms with Crippen LogP contribution in [0.15, 0.2) is 24.3 Å². The van der Waals surface area contributed by atoms with E-state index in [2.05, 4.69) is 5.32 Å². The van der Waals surface area contributed by atoms with Crippen molar-refractivity contribution in [3.63, 3.8) is 0 Å². The third kappa shape index (κ3) is 4.55. The molecule has 1 aliphatic carbocycles. The predicted molar refractivity (Wildman–Crippen MR) is 80.9 cm³/mol. The molecule has 0 unspecified atom stereocenters. The summed E-state index contributed by atoms with van der Waals surface area (Å²) in [6, 6.07) is 5.72. The molecule has 5 heteroatoms. The van der Waals surface area contributed by atoms with Crippen molar-refractivity contribution in [1.29, 1.82) is 0 Å². The van der Waals surface area contributed by atoms with Crippen LogP contribution in [0, 0.1) is 5.82 Å². The zero-order valence-corrected chi connectivity index (χ0v) is 12.8. The molecule has 1 atom stereocenters. The van der Waals surface area contributed by atoms with Gasteiger partial charge in [0.1, 0.15) is 5.82 Å². The van der Waals surface area contributed by atoms with Crippen LogP contribution in [0.3, 0.4) is 0 Å². The number of halogens is 1. The minimum absolute atomic E-state index is 0.143. The van der Waals surface area contributed by atoms with Crippen molar-refractivity contribution >= 4 is 11.9 Å². The Hall–Kier alpha value is -1.91. The van der Waals surface area contributed by atoms with Gasteiger partial charge in [-0.05, 0) is 31.9 Å². The average molecular weight is 307 g/mol. The lowest BCUT2D eigenvalue weighted by atomic mass is 10.1. The molecule has 0 saturated heterocycles. The molecule has 1 aromatic rings. The second-order valence-electron chi connectivity index (χ2n) is 5.72. The summed E-state index contributed by atoms with van der Waals surface area (Å²) >= 11 is 0. The minimum Gasteiger partial charge on any atom is -0.449 e. The van der Waals surface area contributed by atoms with Gasteiger partial charge < -0.3 is 10.1 Å². The van der Waals surface area contributed by atoms with Crippen molar-refractivity contribution in [2.24, 2.45) is 0 Å². The second-order valence-corrected chi connectivity index (χ2v) is 5.72. The predicted octanol–water partition coefficient (Wildman–Crippen LogP) is 3.21. The molecular weight excluding hydrogens is 285 g/mol. The van der Waals surface area contributed by atoms with E-state index in [1.807, 2.05) is 0 Å².